The van der Waals surface area contributed by atoms with Gasteiger partial charge < -0.3 is 10.4 Å². The lowest BCUT2D eigenvalue weighted by Gasteiger charge is -2.26. The van der Waals surface area contributed by atoms with Crippen molar-refractivity contribution in [1.82, 2.24) is 10.2 Å². The average molecular weight is 214 g/mol. The largest absolute Gasteiger partial charge is 0.394 e. The van der Waals surface area contributed by atoms with E-state index in [0.717, 1.165) is 32.4 Å². The number of rotatable bonds is 4. The lowest BCUT2D eigenvalue weighted by Crippen LogP contribution is -2.47. The summed E-state index contributed by atoms with van der Waals surface area (Å²) in [6.07, 6.45) is 3.16. The van der Waals surface area contributed by atoms with E-state index in [1.165, 1.54) is 0 Å². The highest BCUT2D eigenvalue weighted by Crippen LogP contribution is 2.09. The second kappa shape index (κ2) is 6.08. The van der Waals surface area contributed by atoms with Crippen molar-refractivity contribution >= 4 is 5.91 Å². The first-order chi connectivity index (χ1) is 7.19. The van der Waals surface area contributed by atoms with E-state index in [0.29, 0.717) is 0 Å². The summed E-state index contributed by atoms with van der Waals surface area (Å²) in [5.41, 5.74) is 0. The molecule has 0 aromatic heterocycles. The molecule has 88 valence electrons. The van der Waals surface area contributed by atoms with E-state index >= 15 is 0 Å². The molecule has 4 nitrogen and oxygen atoms in total. The summed E-state index contributed by atoms with van der Waals surface area (Å²) in [5.74, 6) is -0.0291. The summed E-state index contributed by atoms with van der Waals surface area (Å²) in [5, 5.41) is 12.1. The molecule has 2 N–H and O–H groups in total. The van der Waals surface area contributed by atoms with Gasteiger partial charge in [0.15, 0.2) is 0 Å². The van der Waals surface area contributed by atoms with Gasteiger partial charge in [-0.2, -0.15) is 0 Å². The fourth-order valence-electron chi connectivity index (χ4n) is 1.92. The van der Waals surface area contributed by atoms with Gasteiger partial charge in [-0.1, -0.05) is 13.3 Å². The average Bonchev–Trinajstić information content (AvgIpc) is 2.34. The lowest BCUT2D eigenvalue weighted by atomic mass is 10.2. The summed E-state index contributed by atoms with van der Waals surface area (Å²) in [4.78, 5) is 13.8. The molecule has 2 atom stereocenters. The summed E-state index contributed by atoms with van der Waals surface area (Å²) >= 11 is 0. The molecular weight excluding hydrogens is 192 g/mol. The van der Waals surface area contributed by atoms with Crippen LogP contribution in [0.2, 0.25) is 0 Å². The van der Waals surface area contributed by atoms with Gasteiger partial charge in [0.2, 0.25) is 5.91 Å². The predicted molar refractivity (Wildman–Crippen MR) is 59.6 cm³/mol. The smallest absolute Gasteiger partial charge is 0.239 e. The fourth-order valence-corrected chi connectivity index (χ4v) is 1.92. The van der Waals surface area contributed by atoms with Crippen LogP contribution in [-0.4, -0.2) is 47.7 Å². The van der Waals surface area contributed by atoms with Crippen molar-refractivity contribution in [3.05, 3.63) is 0 Å². The summed E-state index contributed by atoms with van der Waals surface area (Å²) < 4.78 is 0. The first-order valence-corrected chi connectivity index (χ1v) is 5.84. The first kappa shape index (κ1) is 12.5. The van der Waals surface area contributed by atoms with Gasteiger partial charge in [0.05, 0.1) is 6.61 Å². The molecule has 1 rings (SSSR count). The van der Waals surface area contributed by atoms with Crippen LogP contribution in [0, 0.1) is 0 Å². The van der Waals surface area contributed by atoms with E-state index in [1.54, 1.807) is 0 Å². The Morgan fingerprint density at radius 3 is 2.93 bits per heavy atom. The molecule has 0 bridgehead atoms. The zero-order chi connectivity index (χ0) is 11.3. The maximum atomic E-state index is 11.7. The molecule has 4 heteroatoms. The molecule has 0 saturated carbocycles. The van der Waals surface area contributed by atoms with Crippen molar-refractivity contribution in [3.8, 4) is 0 Å². The Kier molecular flexibility index (Phi) is 5.05. The van der Waals surface area contributed by atoms with Crippen molar-refractivity contribution < 1.29 is 9.90 Å². The number of nitrogens with one attached hydrogen (secondary N) is 1. The Morgan fingerprint density at radius 1 is 1.60 bits per heavy atom. The second-order valence-electron chi connectivity index (χ2n) is 4.29. The van der Waals surface area contributed by atoms with E-state index in [-0.39, 0.29) is 24.6 Å². The summed E-state index contributed by atoms with van der Waals surface area (Å²) in [7, 11) is 0. The molecule has 15 heavy (non-hydrogen) atoms. The quantitative estimate of drug-likeness (QED) is 0.710. The molecule has 2 unspecified atom stereocenters. The standard InChI is InChI=1S/C11H22N2O2/c1-3-4-6-13-7-5-9(2)12-11(15)10(13)8-14/h9-10,14H,3-8H2,1-2H3,(H,12,15). The van der Waals surface area contributed by atoms with Gasteiger partial charge in [0.1, 0.15) is 6.04 Å². The molecule has 1 amide bonds. The number of hydrogen-bond acceptors (Lipinski definition) is 3. The lowest BCUT2D eigenvalue weighted by molar-refractivity contribution is -0.127. The number of aliphatic hydroxyl groups is 1. The molecule has 0 aromatic carbocycles. The Bertz CT molecular complexity index is 209. The van der Waals surface area contributed by atoms with Crippen molar-refractivity contribution in [3.63, 3.8) is 0 Å². The highest BCUT2D eigenvalue weighted by molar-refractivity contribution is 5.82. The number of amides is 1. The van der Waals surface area contributed by atoms with Crippen molar-refractivity contribution in [2.45, 2.75) is 45.2 Å². The molecule has 0 spiro atoms. The number of nitrogens with zero attached hydrogens (tertiary/aromatic N) is 1. The van der Waals surface area contributed by atoms with Gasteiger partial charge in [-0.15, -0.1) is 0 Å². The molecule has 1 fully saturated rings. The van der Waals surface area contributed by atoms with Gasteiger partial charge in [-0.05, 0) is 26.3 Å². The zero-order valence-corrected chi connectivity index (χ0v) is 9.70. The minimum absolute atomic E-state index is 0.0291. The highest BCUT2D eigenvalue weighted by atomic mass is 16.3. The third-order valence-electron chi connectivity index (χ3n) is 2.95. The molecule has 1 aliphatic rings. The third-order valence-corrected chi connectivity index (χ3v) is 2.95. The van der Waals surface area contributed by atoms with Gasteiger partial charge in [0, 0.05) is 12.6 Å². The van der Waals surface area contributed by atoms with Crippen LogP contribution in [0.5, 0.6) is 0 Å². The molecule has 0 aliphatic carbocycles. The van der Waals surface area contributed by atoms with Gasteiger partial charge in [-0.3, -0.25) is 9.69 Å². The van der Waals surface area contributed by atoms with Crippen molar-refractivity contribution in [1.29, 1.82) is 0 Å². The normalized spacial score (nSPS) is 28.6. The van der Waals surface area contributed by atoms with Gasteiger partial charge in [0.25, 0.3) is 0 Å². The molecule has 1 heterocycles. The maximum Gasteiger partial charge on any atom is 0.239 e. The number of carbonyl (C=O) groups is 1. The minimum Gasteiger partial charge on any atom is -0.394 e. The minimum atomic E-state index is -0.346. The Labute approximate surface area is 91.6 Å². The maximum absolute atomic E-state index is 11.7. The fraction of sp³-hybridized carbons (Fsp3) is 0.909. The number of unbranched alkanes of at least 4 members (excludes halogenated alkanes) is 1. The Balaban J connectivity index is 2.60. The van der Waals surface area contributed by atoms with Crippen LogP contribution in [0.25, 0.3) is 0 Å². The van der Waals surface area contributed by atoms with E-state index in [1.807, 2.05) is 6.92 Å². The highest BCUT2D eigenvalue weighted by Gasteiger charge is 2.28. The van der Waals surface area contributed by atoms with Gasteiger partial charge in [-0.25, -0.2) is 0 Å². The van der Waals surface area contributed by atoms with Crippen LogP contribution in [0.15, 0.2) is 0 Å². The van der Waals surface area contributed by atoms with Crippen molar-refractivity contribution in [2.24, 2.45) is 0 Å². The van der Waals surface area contributed by atoms with E-state index in [4.69, 9.17) is 0 Å². The molecule has 1 saturated heterocycles. The van der Waals surface area contributed by atoms with Crippen LogP contribution >= 0.6 is 0 Å². The second-order valence-corrected chi connectivity index (χ2v) is 4.29. The molecular formula is C11H22N2O2. The topological polar surface area (TPSA) is 52.6 Å². The zero-order valence-electron chi connectivity index (χ0n) is 9.70. The van der Waals surface area contributed by atoms with Crippen LogP contribution in [0.1, 0.15) is 33.1 Å². The Hall–Kier alpha value is -0.610. The van der Waals surface area contributed by atoms with E-state index in [2.05, 4.69) is 17.1 Å². The SMILES string of the molecule is CCCCN1CCC(C)NC(=O)C1CO. The third kappa shape index (κ3) is 3.47. The van der Waals surface area contributed by atoms with Crippen LogP contribution in [0.4, 0.5) is 0 Å². The number of carbonyl (C=O) groups excluding carboxylic acids is 1. The predicted octanol–water partition coefficient (Wildman–Crippen LogP) is 0.358. The van der Waals surface area contributed by atoms with E-state index in [9.17, 15) is 9.90 Å². The van der Waals surface area contributed by atoms with Crippen molar-refractivity contribution in [2.75, 3.05) is 19.7 Å². The number of hydrogen-bond donors (Lipinski definition) is 2. The molecule has 0 aromatic rings. The van der Waals surface area contributed by atoms with Crippen LogP contribution < -0.4 is 5.32 Å². The van der Waals surface area contributed by atoms with Gasteiger partial charge >= 0.3 is 0 Å². The summed E-state index contributed by atoms with van der Waals surface area (Å²) in [6, 6.07) is -0.125. The summed E-state index contributed by atoms with van der Waals surface area (Å²) in [6.45, 7) is 5.86. The van der Waals surface area contributed by atoms with Crippen LogP contribution in [-0.2, 0) is 4.79 Å². The monoisotopic (exact) mass is 214 g/mol. The molecule has 1 aliphatic heterocycles. The Morgan fingerprint density at radius 2 is 2.33 bits per heavy atom. The molecule has 0 radical (unpaired) electrons. The number of aliphatic hydroxyl groups excluding tert-OH is 1. The van der Waals surface area contributed by atoms with Crippen LogP contribution in [0.3, 0.4) is 0 Å². The van der Waals surface area contributed by atoms with E-state index < -0.39 is 0 Å². The first-order valence-electron chi connectivity index (χ1n) is 5.84.